The van der Waals surface area contributed by atoms with E-state index in [-0.39, 0.29) is 12.3 Å². The second kappa shape index (κ2) is 3.51. The number of hydrogen-bond acceptors (Lipinski definition) is 3. The van der Waals surface area contributed by atoms with Gasteiger partial charge in [0.15, 0.2) is 10.5 Å². The van der Waals surface area contributed by atoms with Gasteiger partial charge in [-0.1, -0.05) is 6.42 Å². The van der Waals surface area contributed by atoms with Crippen LogP contribution in [0.3, 0.4) is 0 Å². The Labute approximate surface area is 90.8 Å². The minimum absolute atomic E-state index is 0.0885. The SMILES string of the molecule is NCC(=O)C1(c2ccc(Br)o2)CCC1. The van der Waals surface area contributed by atoms with Crippen LogP contribution in [0.1, 0.15) is 25.0 Å². The lowest BCUT2D eigenvalue weighted by molar-refractivity contribution is -0.127. The van der Waals surface area contributed by atoms with Gasteiger partial charge < -0.3 is 10.2 Å². The van der Waals surface area contributed by atoms with Crippen LogP contribution in [0.25, 0.3) is 0 Å². The molecule has 0 aliphatic heterocycles. The summed E-state index contributed by atoms with van der Waals surface area (Å²) in [4.78, 5) is 11.7. The minimum Gasteiger partial charge on any atom is -0.453 e. The van der Waals surface area contributed by atoms with Gasteiger partial charge in [-0.25, -0.2) is 0 Å². The van der Waals surface area contributed by atoms with Crippen molar-refractivity contribution in [3.63, 3.8) is 0 Å². The van der Waals surface area contributed by atoms with Crippen molar-refractivity contribution >= 4 is 21.7 Å². The minimum atomic E-state index is -0.416. The normalized spacial score (nSPS) is 19.0. The number of rotatable bonds is 3. The average molecular weight is 258 g/mol. The van der Waals surface area contributed by atoms with Crippen molar-refractivity contribution in [1.82, 2.24) is 0 Å². The van der Waals surface area contributed by atoms with E-state index in [2.05, 4.69) is 15.9 Å². The number of nitrogens with two attached hydrogens (primary N) is 1. The Bertz CT molecular complexity index is 355. The highest BCUT2D eigenvalue weighted by molar-refractivity contribution is 9.10. The van der Waals surface area contributed by atoms with E-state index in [9.17, 15) is 4.79 Å². The fourth-order valence-electron chi connectivity index (χ4n) is 1.96. The lowest BCUT2D eigenvalue weighted by atomic mass is 9.64. The molecule has 4 heteroatoms. The highest BCUT2D eigenvalue weighted by Gasteiger charge is 2.47. The summed E-state index contributed by atoms with van der Waals surface area (Å²) < 4.78 is 6.12. The predicted octanol–water partition coefficient (Wildman–Crippen LogP) is 1.99. The van der Waals surface area contributed by atoms with Gasteiger partial charge in [0.1, 0.15) is 5.76 Å². The molecule has 1 fully saturated rings. The maximum absolute atomic E-state index is 11.7. The topological polar surface area (TPSA) is 56.2 Å². The highest BCUT2D eigenvalue weighted by atomic mass is 79.9. The predicted molar refractivity (Wildman–Crippen MR) is 56.0 cm³/mol. The van der Waals surface area contributed by atoms with Gasteiger partial charge in [-0.05, 0) is 40.9 Å². The molecule has 2 N–H and O–H groups in total. The first-order chi connectivity index (χ1) is 6.69. The number of hydrogen-bond donors (Lipinski definition) is 1. The first kappa shape index (κ1) is 9.93. The summed E-state index contributed by atoms with van der Waals surface area (Å²) in [5.74, 6) is 0.844. The van der Waals surface area contributed by atoms with E-state index in [4.69, 9.17) is 10.2 Å². The van der Waals surface area contributed by atoms with Gasteiger partial charge in [0.05, 0.1) is 12.0 Å². The fourth-order valence-corrected chi connectivity index (χ4v) is 2.27. The number of Topliss-reactive ketones (excluding diaryl/α,β-unsaturated/α-hetero) is 1. The summed E-state index contributed by atoms with van der Waals surface area (Å²) >= 11 is 3.24. The van der Waals surface area contributed by atoms with Crippen LogP contribution < -0.4 is 5.73 Å². The molecule has 1 aromatic rings. The first-order valence-electron chi connectivity index (χ1n) is 4.68. The molecule has 76 valence electrons. The van der Waals surface area contributed by atoms with Crippen LogP contribution in [0.2, 0.25) is 0 Å². The molecule has 0 amide bonds. The van der Waals surface area contributed by atoms with Crippen molar-refractivity contribution in [2.24, 2.45) is 5.73 Å². The molecule has 0 spiro atoms. The standard InChI is InChI=1S/C10H12BrNO2/c11-9-3-2-8(14-9)10(4-1-5-10)7(13)6-12/h2-3H,1,4-6,12H2. The van der Waals surface area contributed by atoms with E-state index < -0.39 is 5.41 Å². The molecule has 0 bridgehead atoms. The van der Waals surface area contributed by atoms with Crippen molar-refractivity contribution in [3.05, 3.63) is 22.6 Å². The third kappa shape index (κ3) is 1.33. The van der Waals surface area contributed by atoms with Gasteiger partial charge in [-0.3, -0.25) is 4.79 Å². The lowest BCUT2D eigenvalue weighted by Crippen LogP contribution is -2.45. The number of halogens is 1. The monoisotopic (exact) mass is 257 g/mol. The van der Waals surface area contributed by atoms with Crippen LogP contribution in [0.4, 0.5) is 0 Å². The molecule has 0 atom stereocenters. The number of carbonyl (C=O) groups is 1. The van der Waals surface area contributed by atoms with Crippen molar-refractivity contribution < 1.29 is 9.21 Å². The molecule has 1 heterocycles. The third-order valence-electron chi connectivity index (χ3n) is 2.97. The Morgan fingerprint density at radius 2 is 2.29 bits per heavy atom. The first-order valence-corrected chi connectivity index (χ1v) is 5.47. The highest BCUT2D eigenvalue weighted by Crippen LogP contribution is 2.45. The largest absolute Gasteiger partial charge is 0.453 e. The molecule has 0 aromatic carbocycles. The molecule has 1 aliphatic rings. The molecule has 0 saturated heterocycles. The molecule has 2 rings (SSSR count). The molecular formula is C10H12BrNO2. The van der Waals surface area contributed by atoms with Gasteiger partial charge in [0, 0.05) is 0 Å². The summed E-state index contributed by atoms with van der Waals surface area (Å²) in [7, 11) is 0. The van der Waals surface area contributed by atoms with E-state index in [1.54, 1.807) is 0 Å². The van der Waals surface area contributed by atoms with Crippen molar-refractivity contribution in [2.45, 2.75) is 24.7 Å². The number of carbonyl (C=O) groups excluding carboxylic acids is 1. The molecule has 1 aliphatic carbocycles. The Kier molecular flexibility index (Phi) is 2.49. The van der Waals surface area contributed by atoms with E-state index in [0.717, 1.165) is 25.0 Å². The zero-order chi connectivity index (χ0) is 10.2. The quantitative estimate of drug-likeness (QED) is 0.901. The Hall–Kier alpha value is -0.610. The molecule has 1 aromatic heterocycles. The molecule has 1 saturated carbocycles. The van der Waals surface area contributed by atoms with Crippen molar-refractivity contribution in [1.29, 1.82) is 0 Å². The summed E-state index contributed by atoms with van der Waals surface area (Å²) in [6.07, 6.45) is 2.80. The fraction of sp³-hybridized carbons (Fsp3) is 0.500. The summed E-state index contributed by atoms with van der Waals surface area (Å²) in [6, 6.07) is 3.68. The summed E-state index contributed by atoms with van der Waals surface area (Å²) in [6.45, 7) is 0.0956. The van der Waals surface area contributed by atoms with Crippen LogP contribution in [0, 0.1) is 0 Å². The maximum atomic E-state index is 11.7. The maximum Gasteiger partial charge on any atom is 0.169 e. The van der Waals surface area contributed by atoms with E-state index in [1.165, 1.54) is 0 Å². The van der Waals surface area contributed by atoms with Gasteiger partial charge in [-0.15, -0.1) is 0 Å². The lowest BCUT2D eigenvalue weighted by Gasteiger charge is -2.38. The third-order valence-corrected chi connectivity index (χ3v) is 3.40. The van der Waals surface area contributed by atoms with Crippen molar-refractivity contribution in [3.8, 4) is 0 Å². The van der Waals surface area contributed by atoms with Crippen LogP contribution >= 0.6 is 15.9 Å². The number of ketones is 1. The van der Waals surface area contributed by atoms with Crippen LogP contribution in [0.5, 0.6) is 0 Å². The van der Waals surface area contributed by atoms with E-state index in [1.807, 2.05) is 12.1 Å². The second-order valence-electron chi connectivity index (χ2n) is 3.67. The Balaban J connectivity index is 2.33. The number of furan rings is 1. The molecule has 0 radical (unpaired) electrons. The van der Waals surface area contributed by atoms with E-state index >= 15 is 0 Å². The molecular weight excluding hydrogens is 246 g/mol. The average Bonchev–Trinajstić information content (AvgIpc) is 2.50. The zero-order valence-corrected chi connectivity index (χ0v) is 9.34. The Morgan fingerprint density at radius 3 is 2.64 bits per heavy atom. The molecule has 0 unspecified atom stereocenters. The summed E-state index contributed by atoms with van der Waals surface area (Å²) in [5, 5.41) is 0. The van der Waals surface area contributed by atoms with Gasteiger partial charge in [0.2, 0.25) is 0 Å². The molecule has 14 heavy (non-hydrogen) atoms. The van der Waals surface area contributed by atoms with Crippen LogP contribution in [0.15, 0.2) is 21.2 Å². The van der Waals surface area contributed by atoms with Gasteiger partial charge >= 0.3 is 0 Å². The smallest absolute Gasteiger partial charge is 0.169 e. The van der Waals surface area contributed by atoms with E-state index in [0.29, 0.717) is 4.67 Å². The van der Waals surface area contributed by atoms with Crippen LogP contribution in [-0.4, -0.2) is 12.3 Å². The summed E-state index contributed by atoms with van der Waals surface area (Å²) in [5.41, 5.74) is 4.99. The second-order valence-corrected chi connectivity index (χ2v) is 4.45. The van der Waals surface area contributed by atoms with Crippen molar-refractivity contribution in [2.75, 3.05) is 6.54 Å². The van der Waals surface area contributed by atoms with Crippen LogP contribution in [-0.2, 0) is 10.2 Å². The zero-order valence-electron chi connectivity index (χ0n) is 7.75. The van der Waals surface area contributed by atoms with Gasteiger partial charge in [-0.2, -0.15) is 0 Å². The Morgan fingerprint density at radius 1 is 1.57 bits per heavy atom. The molecule has 3 nitrogen and oxygen atoms in total. The van der Waals surface area contributed by atoms with Gasteiger partial charge in [0.25, 0.3) is 0 Å².